The van der Waals surface area contributed by atoms with E-state index < -0.39 is 5.82 Å². The Balaban J connectivity index is 1.51. The van der Waals surface area contributed by atoms with E-state index in [2.05, 4.69) is 20.8 Å². The molecule has 0 saturated heterocycles. The van der Waals surface area contributed by atoms with E-state index in [1.165, 1.54) is 6.07 Å². The van der Waals surface area contributed by atoms with Crippen LogP contribution >= 0.6 is 11.6 Å². The Morgan fingerprint density at radius 3 is 2.84 bits per heavy atom. The van der Waals surface area contributed by atoms with E-state index in [1.807, 2.05) is 0 Å². The van der Waals surface area contributed by atoms with Gasteiger partial charge < -0.3 is 15.2 Å². The molecule has 3 aromatic rings. The highest BCUT2D eigenvalue weighted by molar-refractivity contribution is 6.30. The van der Waals surface area contributed by atoms with Gasteiger partial charge in [-0.1, -0.05) is 35.0 Å². The summed E-state index contributed by atoms with van der Waals surface area (Å²) in [5.41, 5.74) is 0.855. The molecule has 0 aliphatic carbocycles. The number of hydrogen-bond donors (Lipinski definition) is 2. The van der Waals surface area contributed by atoms with Gasteiger partial charge in [-0.3, -0.25) is 0 Å². The van der Waals surface area contributed by atoms with Crippen molar-refractivity contribution in [3.05, 3.63) is 65.3 Å². The molecule has 128 valence electrons. The fourth-order valence-corrected chi connectivity index (χ4v) is 2.32. The maximum atomic E-state index is 13.7. The minimum absolute atomic E-state index is 0.177. The third-order valence-corrected chi connectivity index (χ3v) is 3.52. The summed E-state index contributed by atoms with van der Waals surface area (Å²) in [6.07, 6.45) is 0.324. The van der Waals surface area contributed by atoms with Crippen molar-refractivity contribution in [2.45, 2.75) is 6.42 Å². The van der Waals surface area contributed by atoms with Crippen molar-refractivity contribution >= 4 is 23.3 Å². The zero-order valence-corrected chi connectivity index (χ0v) is 13.8. The normalized spacial score (nSPS) is 10.5. The Bertz CT molecular complexity index is 884. The summed E-state index contributed by atoms with van der Waals surface area (Å²) in [5, 5.41) is 9.61. The Labute approximate surface area is 148 Å². The number of benzene rings is 2. The molecule has 0 spiro atoms. The second-order valence-electron chi connectivity index (χ2n) is 5.13. The van der Waals surface area contributed by atoms with Gasteiger partial charge in [0.25, 0.3) is 0 Å². The summed E-state index contributed by atoms with van der Waals surface area (Å²) in [6, 6.07) is 12.6. The summed E-state index contributed by atoms with van der Waals surface area (Å²) in [6.45, 7) is 0.283. The molecule has 1 heterocycles. The number of carbonyl (C=O) groups is 1. The van der Waals surface area contributed by atoms with E-state index in [1.54, 1.807) is 42.5 Å². The number of aromatic nitrogens is 2. The number of halogens is 2. The van der Waals surface area contributed by atoms with Gasteiger partial charge >= 0.3 is 6.03 Å². The van der Waals surface area contributed by atoms with E-state index in [9.17, 15) is 9.18 Å². The molecule has 1 aromatic heterocycles. The first-order valence-electron chi connectivity index (χ1n) is 7.50. The van der Waals surface area contributed by atoms with Gasteiger partial charge in [0.1, 0.15) is 5.82 Å². The highest BCUT2D eigenvalue weighted by Crippen LogP contribution is 2.19. The van der Waals surface area contributed by atoms with Gasteiger partial charge in [0.2, 0.25) is 11.7 Å². The molecule has 6 nitrogen and oxygen atoms in total. The van der Waals surface area contributed by atoms with Crippen LogP contribution in [0.2, 0.25) is 5.02 Å². The fourth-order valence-electron chi connectivity index (χ4n) is 2.13. The van der Waals surface area contributed by atoms with Crippen molar-refractivity contribution in [1.82, 2.24) is 15.5 Å². The molecule has 0 unspecified atom stereocenters. The summed E-state index contributed by atoms with van der Waals surface area (Å²) < 4.78 is 18.8. The van der Waals surface area contributed by atoms with Crippen molar-refractivity contribution < 1.29 is 13.7 Å². The van der Waals surface area contributed by atoms with Crippen LogP contribution in [-0.2, 0) is 6.42 Å². The lowest BCUT2D eigenvalue weighted by Crippen LogP contribution is -2.30. The van der Waals surface area contributed by atoms with E-state index in [-0.39, 0.29) is 24.0 Å². The molecule has 25 heavy (non-hydrogen) atoms. The number of amides is 2. The highest BCUT2D eigenvalue weighted by atomic mass is 35.5. The number of nitrogens with zero attached hydrogens (tertiary/aromatic N) is 2. The minimum Gasteiger partial charge on any atom is -0.339 e. The summed E-state index contributed by atoms with van der Waals surface area (Å²) in [5.74, 6) is 0.0617. The maximum Gasteiger partial charge on any atom is 0.319 e. The van der Waals surface area contributed by atoms with Crippen LogP contribution in [0.15, 0.2) is 53.1 Å². The predicted molar refractivity (Wildman–Crippen MR) is 91.9 cm³/mol. The van der Waals surface area contributed by atoms with Crippen LogP contribution in [0.4, 0.5) is 14.9 Å². The van der Waals surface area contributed by atoms with Gasteiger partial charge in [-0.2, -0.15) is 4.98 Å². The number of carbonyl (C=O) groups excluding carboxylic acids is 1. The highest BCUT2D eigenvalue weighted by Gasteiger charge is 2.12. The molecular formula is C17H14ClFN4O2. The molecule has 0 atom stereocenters. The average Bonchev–Trinajstić information content (AvgIpc) is 3.04. The first kappa shape index (κ1) is 16.9. The van der Waals surface area contributed by atoms with Crippen molar-refractivity contribution in [3.8, 4) is 11.4 Å². The lowest BCUT2D eigenvalue weighted by atomic mass is 10.2. The molecule has 2 amide bonds. The summed E-state index contributed by atoms with van der Waals surface area (Å²) >= 11 is 5.85. The second-order valence-corrected chi connectivity index (χ2v) is 5.57. The maximum absolute atomic E-state index is 13.7. The smallest absolute Gasteiger partial charge is 0.319 e. The standard InChI is InChI=1S/C17H14ClFN4O2/c18-11-4-3-5-12(10-11)21-17(24)20-9-8-15-22-16(23-25-15)13-6-1-2-7-14(13)19/h1-7,10H,8-9H2,(H2,20,21,24). The molecule has 0 bridgehead atoms. The molecule has 0 radical (unpaired) electrons. The number of urea groups is 1. The average molecular weight is 361 g/mol. The zero-order chi connectivity index (χ0) is 17.6. The molecule has 0 aliphatic rings. The SMILES string of the molecule is O=C(NCCc1nc(-c2ccccc2F)no1)Nc1cccc(Cl)c1. The van der Waals surface area contributed by atoms with Crippen LogP contribution < -0.4 is 10.6 Å². The zero-order valence-electron chi connectivity index (χ0n) is 13.0. The number of nitrogens with one attached hydrogen (secondary N) is 2. The molecule has 0 aliphatic heterocycles. The van der Waals surface area contributed by atoms with Crippen LogP contribution in [0.3, 0.4) is 0 Å². The molecular weight excluding hydrogens is 347 g/mol. The summed E-state index contributed by atoms with van der Waals surface area (Å²) in [7, 11) is 0. The van der Waals surface area contributed by atoms with Gasteiger partial charge in [-0.05, 0) is 30.3 Å². The van der Waals surface area contributed by atoms with Gasteiger partial charge in [-0.15, -0.1) is 0 Å². The van der Waals surface area contributed by atoms with Gasteiger partial charge in [0.05, 0.1) is 5.56 Å². The third kappa shape index (κ3) is 4.54. The van der Waals surface area contributed by atoms with Gasteiger partial charge in [0, 0.05) is 23.7 Å². The van der Waals surface area contributed by atoms with Crippen molar-refractivity contribution in [1.29, 1.82) is 0 Å². The third-order valence-electron chi connectivity index (χ3n) is 3.29. The van der Waals surface area contributed by atoms with E-state index in [0.29, 0.717) is 23.0 Å². The van der Waals surface area contributed by atoms with Crippen LogP contribution in [0, 0.1) is 5.82 Å². The Kier molecular flexibility index (Phi) is 5.25. The summed E-state index contributed by atoms with van der Waals surface area (Å²) in [4.78, 5) is 15.9. The lowest BCUT2D eigenvalue weighted by molar-refractivity contribution is 0.252. The van der Waals surface area contributed by atoms with Crippen molar-refractivity contribution in [3.63, 3.8) is 0 Å². The monoisotopic (exact) mass is 360 g/mol. The number of rotatable bonds is 5. The van der Waals surface area contributed by atoms with Crippen molar-refractivity contribution in [2.24, 2.45) is 0 Å². The molecule has 8 heteroatoms. The fraction of sp³-hybridized carbons (Fsp3) is 0.118. The van der Waals surface area contributed by atoms with Gasteiger partial charge in [-0.25, -0.2) is 9.18 Å². The first-order valence-corrected chi connectivity index (χ1v) is 7.87. The molecule has 0 saturated carbocycles. The Hall–Kier alpha value is -2.93. The number of anilines is 1. The van der Waals surface area contributed by atoms with E-state index >= 15 is 0 Å². The van der Waals surface area contributed by atoms with Crippen LogP contribution in [0.25, 0.3) is 11.4 Å². The van der Waals surface area contributed by atoms with E-state index in [4.69, 9.17) is 16.1 Å². The Morgan fingerprint density at radius 1 is 1.20 bits per heavy atom. The lowest BCUT2D eigenvalue weighted by Gasteiger charge is -2.06. The van der Waals surface area contributed by atoms with Crippen LogP contribution in [-0.4, -0.2) is 22.7 Å². The molecule has 2 aromatic carbocycles. The first-order chi connectivity index (χ1) is 12.1. The van der Waals surface area contributed by atoms with Gasteiger partial charge in [0.15, 0.2) is 0 Å². The Morgan fingerprint density at radius 2 is 2.04 bits per heavy atom. The van der Waals surface area contributed by atoms with Crippen LogP contribution in [0.5, 0.6) is 0 Å². The second kappa shape index (κ2) is 7.76. The number of hydrogen-bond acceptors (Lipinski definition) is 4. The predicted octanol–water partition coefficient (Wildman–Crippen LogP) is 3.89. The van der Waals surface area contributed by atoms with Crippen molar-refractivity contribution in [2.75, 3.05) is 11.9 Å². The van der Waals surface area contributed by atoms with E-state index in [0.717, 1.165) is 0 Å². The largest absolute Gasteiger partial charge is 0.339 e. The molecule has 0 fully saturated rings. The minimum atomic E-state index is -0.422. The topological polar surface area (TPSA) is 80.1 Å². The quantitative estimate of drug-likeness (QED) is 0.723. The molecule has 3 rings (SSSR count). The molecule has 2 N–H and O–H groups in total. The van der Waals surface area contributed by atoms with Crippen LogP contribution in [0.1, 0.15) is 5.89 Å².